The Hall–Kier alpha value is -2.02. The second kappa shape index (κ2) is 7.31. The van der Waals surface area contributed by atoms with Crippen LogP contribution in [0.25, 0.3) is 11.6 Å². The highest BCUT2D eigenvalue weighted by Crippen LogP contribution is 2.35. The molecule has 2 aromatic carbocycles. The molecule has 22 heavy (non-hydrogen) atoms. The number of nitrogens with zero attached hydrogens (tertiary/aromatic N) is 1. The van der Waals surface area contributed by atoms with Gasteiger partial charge in [0.25, 0.3) is 0 Å². The zero-order valence-electron chi connectivity index (χ0n) is 11.7. The van der Waals surface area contributed by atoms with Gasteiger partial charge in [0.2, 0.25) is 0 Å². The molecule has 2 nitrogen and oxygen atoms in total. The summed E-state index contributed by atoms with van der Waals surface area (Å²) in [6.45, 7) is 2.29. The minimum absolute atomic E-state index is 0.354. The van der Waals surface area contributed by atoms with E-state index in [-0.39, 0.29) is 5.82 Å². The molecule has 0 N–H and O–H groups in total. The summed E-state index contributed by atoms with van der Waals surface area (Å²) in [4.78, 5) is 0. The highest BCUT2D eigenvalue weighted by atomic mass is 35.5. The molecule has 0 aliphatic carbocycles. The topological polar surface area (TPSA) is 33.0 Å². The Morgan fingerprint density at radius 2 is 1.82 bits per heavy atom. The Bertz CT molecular complexity index is 725. The van der Waals surface area contributed by atoms with Gasteiger partial charge in [0.05, 0.1) is 28.3 Å². The van der Waals surface area contributed by atoms with E-state index < -0.39 is 0 Å². The first-order valence-electron chi connectivity index (χ1n) is 6.54. The molecule has 5 heteroatoms. The lowest BCUT2D eigenvalue weighted by molar-refractivity contribution is 0.340. The van der Waals surface area contributed by atoms with Crippen LogP contribution in [-0.2, 0) is 0 Å². The molecule has 0 saturated carbocycles. The van der Waals surface area contributed by atoms with Gasteiger partial charge in [0.15, 0.2) is 5.75 Å². The summed E-state index contributed by atoms with van der Waals surface area (Å²) in [5.41, 5.74) is 1.67. The third kappa shape index (κ3) is 3.79. The van der Waals surface area contributed by atoms with E-state index in [0.29, 0.717) is 39.1 Å². The van der Waals surface area contributed by atoms with Gasteiger partial charge in [-0.3, -0.25) is 0 Å². The highest BCUT2D eigenvalue weighted by molar-refractivity contribution is 6.37. The smallest absolute Gasteiger partial charge is 0.156 e. The van der Waals surface area contributed by atoms with E-state index in [1.165, 1.54) is 12.1 Å². The predicted octanol–water partition coefficient (Wildman–Crippen LogP) is 5.60. The molecule has 0 amide bonds. The van der Waals surface area contributed by atoms with E-state index in [1.54, 1.807) is 30.3 Å². The molecule has 2 rings (SSSR count). The van der Waals surface area contributed by atoms with Crippen LogP contribution >= 0.6 is 23.2 Å². The number of nitriles is 1. The summed E-state index contributed by atoms with van der Waals surface area (Å²) >= 11 is 12.3. The van der Waals surface area contributed by atoms with Crippen LogP contribution in [0.5, 0.6) is 5.75 Å². The molecule has 2 aromatic rings. The van der Waals surface area contributed by atoms with E-state index >= 15 is 0 Å². The second-order valence-electron chi connectivity index (χ2n) is 4.42. The molecule has 0 saturated heterocycles. The average molecular weight is 336 g/mol. The minimum Gasteiger partial charge on any atom is -0.491 e. The van der Waals surface area contributed by atoms with Crippen molar-refractivity contribution in [2.24, 2.45) is 0 Å². The third-order valence-electron chi connectivity index (χ3n) is 2.90. The van der Waals surface area contributed by atoms with Gasteiger partial charge in [-0.05, 0) is 48.4 Å². The largest absolute Gasteiger partial charge is 0.491 e. The predicted molar refractivity (Wildman–Crippen MR) is 87.5 cm³/mol. The first-order chi connectivity index (χ1) is 10.5. The highest BCUT2D eigenvalue weighted by Gasteiger charge is 2.09. The monoisotopic (exact) mass is 335 g/mol. The fraction of sp³-hybridized carbons (Fsp3) is 0.118. The minimum atomic E-state index is -0.354. The maximum Gasteiger partial charge on any atom is 0.156 e. The molecule has 112 valence electrons. The van der Waals surface area contributed by atoms with Crippen molar-refractivity contribution < 1.29 is 9.13 Å². The molecule has 0 radical (unpaired) electrons. The van der Waals surface area contributed by atoms with E-state index in [0.717, 1.165) is 0 Å². The van der Waals surface area contributed by atoms with E-state index in [4.69, 9.17) is 27.9 Å². The van der Waals surface area contributed by atoms with Gasteiger partial charge in [-0.2, -0.15) is 5.26 Å². The number of rotatable bonds is 4. The second-order valence-corrected chi connectivity index (χ2v) is 5.24. The molecule has 0 aromatic heterocycles. The normalized spacial score (nSPS) is 11.1. The fourth-order valence-electron chi connectivity index (χ4n) is 1.92. The summed E-state index contributed by atoms with van der Waals surface area (Å²) in [5, 5.41) is 10.0. The van der Waals surface area contributed by atoms with Gasteiger partial charge in [0, 0.05) is 0 Å². The van der Waals surface area contributed by atoms with Crippen molar-refractivity contribution in [3.05, 3.63) is 63.4 Å². The zero-order valence-corrected chi connectivity index (χ0v) is 13.2. The van der Waals surface area contributed by atoms with Crippen molar-refractivity contribution in [1.82, 2.24) is 0 Å². The summed E-state index contributed by atoms with van der Waals surface area (Å²) in [5.74, 6) is 0.0662. The lowest BCUT2D eigenvalue weighted by Crippen LogP contribution is -1.93. The maximum atomic E-state index is 13.0. The van der Waals surface area contributed by atoms with Gasteiger partial charge in [-0.15, -0.1) is 0 Å². The van der Waals surface area contributed by atoms with Gasteiger partial charge in [-0.1, -0.05) is 35.3 Å². The van der Waals surface area contributed by atoms with Crippen LogP contribution in [0.4, 0.5) is 4.39 Å². The molecular weight excluding hydrogens is 324 g/mol. The third-order valence-corrected chi connectivity index (χ3v) is 3.46. The van der Waals surface area contributed by atoms with Crippen molar-refractivity contribution in [2.45, 2.75) is 6.92 Å². The van der Waals surface area contributed by atoms with E-state index in [2.05, 4.69) is 6.07 Å². The van der Waals surface area contributed by atoms with Gasteiger partial charge >= 0.3 is 0 Å². The van der Waals surface area contributed by atoms with Crippen LogP contribution in [0, 0.1) is 17.1 Å². The number of ether oxygens (including phenoxy) is 1. The Labute approximate surface area is 138 Å². The first kappa shape index (κ1) is 16.4. The van der Waals surface area contributed by atoms with Gasteiger partial charge in [-0.25, -0.2) is 4.39 Å². The lowest BCUT2D eigenvalue weighted by atomic mass is 10.0. The molecule has 0 unspecified atom stereocenters. The van der Waals surface area contributed by atoms with Gasteiger partial charge in [0.1, 0.15) is 5.82 Å². The quantitative estimate of drug-likeness (QED) is 0.538. The molecule has 0 bridgehead atoms. The van der Waals surface area contributed by atoms with Crippen molar-refractivity contribution >= 4 is 34.9 Å². The van der Waals surface area contributed by atoms with Crippen molar-refractivity contribution in [1.29, 1.82) is 5.26 Å². The van der Waals surface area contributed by atoms with Crippen LogP contribution in [0.1, 0.15) is 18.1 Å². The molecule has 0 atom stereocenters. The number of allylic oxidation sites excluding steroid dienone is 1. The number of hydrogen-bond acceptors (Lipinski definition) is 2. The van der Waals surface area contributed by atoms with Crippen LogP contribution in [0.15, 0.2) is 36.4 Å². The van der Waals surface area contributed by atoms with E-state index in [9.17, 15) is 9.65 Å². The summed E-state index contributed by atoms with van der Waals surface area (Å²) in [6, 6.07) is 11.1. The van der Waals surface area contributed by atoms with Crippen LogP contribution in [0.3, 0.4) is 0 Å². The number of benzene rings is 2. The van der Waals surface area contributed by atoms with Crippen LogP contribution < -0.4 is 4.74 Å². The SMILES string of the molecule is CCOc1c(Cl)cc(/C=C(\C#N)c2ccc(F)cc2)cc1Cl. The summed E-state index contributed by atoms with van der Waals surface area (Å²) < 4.78 is 18.3. The first-order valence-corrected chi connectivity index (χ1v) is 7.30. The molecule has 0 spiro atoms. The van der Waals surface area contributed by atoms with Crippen molar-refractivity contribution in [2.75, 3.05) is 6.61 Å². The maximum absolute atomic E-state index is 13.0. The average Bonchev–Trinajstić information content (AvgIpc) is 2.49. The molecule has 0 aliphatic heterocycles. The van der Waals surface area contributed by atoms with Crippen LogP contribution in [-0.4, -0.2) is 6.61 Å². The van der Waals surface area contributed by atoms with Crippen LogP contribution in [0.2, 0.25) is 10.0 Å². The zero-order chi connectivity index (χ0) is 16.1. The fourth-order valence-corrected chi connectivity index (χ4v) is 2.53. The lowest BCUT2D eigenvalue weighted by Gasteiger charge is -2.09. The summed E-state index contributed by atoms with van der Waals surface area (Å²) in [7, 11) is 0. The number of hydrogen-bond donors (Lipinski definition) is 0. The van der Waals surface area contributed by atoms with Crippen molar-refractivity contribution in [3.63, 3.8) is 0 Å². The molecular formula is C17H12Cl2FNO. The summed E-state index contributed by atoms with van der Waals surface area (Å²) in [6.07, 6.45) is 1.64. The van der Waals surface area contributed by atoms with Crippen molar-refractivity contribution in [3.8, 4) is 11.8 Å². The molecule has 0 aliphatic rings. The molecule has 0 fully saturated rings. The van der Waals surface area contributed by atoms with E-state index in [1.807, 2.05) is 6.92 Å². The Morgan fingerprint density at radius 1 is 1.23 bits per heavy atom. The van der Waals surface area contributed by atoms with Gasteiger partial charge < -0.3 is 4.74 Å². The Kier molecular flexibility index (Phi) is 5.43. The Balaban J connectivity index is 2.42. The number of halogens is 3. The standard InChI is InChI=1S/C17H12Cl2FNO/c1-2-22-17-15(18)8-11(9-16(17)19)7-13(10-21)12-3-5-14(20)6-4-12/h3-9H,2H2,1H3/b13-7+. The Morgan fingerprint density at radius 3 is 2.32 bits per heavy atom. The molecule has 0 heterocycles.